The maximum absolute atomic E-state index is 12.5. The van der Waals surface area contributed by atoms with Crippen molar-refractivity contribution in [3.63, 3.8) is 0 Å². The predicted octanol–water partition coefficient (Wildman–Crippen LogP) is 2.75. The van der Waals surface area contributed by atoms with E-state index < -0.39 is 5.92 Å². The highest BCUT2D eigenvalue weighted by atomic mass is 16.5. The van der Waals surface area contributed by atoms with Crippen LogP contribution in [-0.4, -0.2) is 32.1 Å². The molecule has 0 aliphatic heterocycles. The minimum Gasteiger partial charge on any atom is -0.497 e. The molecule has 0 saturated heterocycles. The SMILES string of the molecule is COc1ccc2c(C(C)C(=O)OCCNC(=O)c3ccc[n+](C)c3)cccc2c1. The highest BCUT2D eigenvalue weighted by Gasteiger charge is 2.19. The summed E-state index contributed by atoms with van der Waals surface area (Å²) in [6.45, 7) is 2.19. The number of ether oxygens (including phenoxy) is 2. The largest absolute Gasteiger partial charge is 0.497 e. The van der Waals surface area contributed by atoms with Crippen molar-refractivity contribution in [3.05, 3.63) is 72.1 Å². The van der Waals surface area contributed by atoms with Crippen LogP contribution in [0.25, 0.3) is 10.8 Å². The molecule has 0 saturated carbocycles. The van der Waals surface area contributed by atoms with E-state index in [-0.39, 0.29) is 25.0 Å². The Balaban J connectivity index is 1.57. The van der Waals surface area contributed by atoms with Gasteiger partial charge < -0.3 is 14.8 Å². The van der Waals surface area contributed by atoms with Crippen molar-refractivity contribution in [1.82, 2.24) is 5.32 Å². The number of aromatic nitrogens is 1. The molecule has 0 aliphatic carbocycles. The summed E-state index contributed by atoms with van der Waals surface area (Å²) in [6, 6.07) is 15.1. The van der Waals surface area contributed by atoms with Gasteiger partial charge in [-0.25, -0.2) is 4.57 Å². The van der Waals surface area contributed by atoms with Crippen molar-refractivity contribution in [2.45, 2.75) is 12.8 Å². The summed E-state index contributed by atoms with van der Waals surface area (Å²) in [6.07, 6.45) is 3.59. The number of nitrogens with zero attached hydrogens (tertiary/aromatic N) is 1. The smallest absolute Gasteiger partial charge is 0.313 e. The van der Waals surface area contributed by atoms with Crippen LogP contribution < -0.4 is 14.6 Å². The first-order valence-corrected chi connectivity index (χ1v) is 9.46. The van der Waals surface area contributed by atoms with Gasteiger partial charge in [-0.2, -0.15) is 0 Å². The second kappa shape index (κ2) is 9.19. The van der Waals surface area contributed by atoms with E-state index in [4.69, 9.17) is 9.47 Å². The number of carbonyl (C=O) groups is 2. The molecule has 1 atom stereocenters. The van der Waals surface area contributed by atoms with Crippen molar-refractivity contribution in [1.29, 1.82) is 0 Å². The minimum atomic E-state index is -0.420. The Bertz CT molecular complexity index is 1030. The molecule has 0 fully saturated rings. The molecule has 1 amide bonds. The average molecular weight is 393 g/mol. The number of hydrogen-bond acceptors (Lipinski definition) is 4. The topological polar surface area (TPSA) is 68.5 Å². The number of rotatable bonds is 7. The van der Waals surface area contributed by atoms with Crippen molar-refractivity contribution >= 4 is 22.6 Å². The van der Waals surface area contributed by atoms with Gasteiger partial charge in [0.05, 0.1) is 19.6 Å². The van der Waals surface area contributed by atoms with E-state index in [0.717, 1.165) is 22.1 Å². The molecule has 2 aromatic carbocycles. The monoisotopic (exact) mass is 393 g/mol. The second-order valence-electron chi connectivity index (χ2n) is 6.84. The van der Waals surface area contributed by atoms with Crippen LogP contribution in [0.5, 0.6) is 5.75 Å². The van der Waals surface area contributed by atoms with Gasteiger partial charge in [-0.05, 0) is 41.5 Å². The number of benzene rings is 2. The maximum Gasteiger partial charge on any atom is 0.313 e. The van der Waals surface area contributed by atoms with E-state index in [1.165, 1.54) is 0 Å². The van der Waals surface area contributed by atoms with Crippen molar-refractivity contribution in [3.8, 4) is 5.75 Å². The van der Waals surface area contributed by atoms with Crippen LogP contribution >= 0.6 is 0 Å². The third kappa shape index (κ3) is 4.90. The van der Waals surface area contributed by atoms with Gasteiger partial charge in [0.2, 0.25) is 0 Å². The molecular formula is C23H25N2O4+. The summed E-state index contributed by atoms with van der Waals surface area (Å²) in [5.74, 6) is -0.175. The van der Waals surface area contributed by atoms with Crippen LogP contribution in [0, 0.1) is 0 Å². The highest BCUT2D eigenvalue weighted by Crippen LogP contribution is 2.29. The lowest BCUT2D eigenvalue weighted by Crippen LogP contribution is -2.32. The Labute approximate surface area is 170 Å². The molecule has 3 aromatic rings. The van der Waals surface area contributed by atoms with E-state index in [0.29, 0.717) is 5.56 Å². The van der Waals surface area contributed by atoms with Crippen LogP contribution in [-0.2, 0) is 16.6 Å². The zero-order valence-corrected chi connectivity index (χ0v) is 16.8. The summed E-state index contributed by atoms with van der Waals surface area (Å²) in [5, 5.41) is 4.75. The molecule has 6 heteroatoms. The van der Waals surface area contributed by atoms with E-state index >= 15 is 0 Å². The predicted molar refractivity (Wildman–Crippen MR) is 110 cm³/mol. The van der Waals surface area contributed by atoms with Gasteiger partial charge in [0.1, 0.15) is 25.0 Å². The molecule has 6 nitrogen and oxygen atoms in total. The van der Waals surface area contributed by atoms with Gasteiger partial charge >= 0.3 is 5.97 Å². The standard InChI is InChI=1S/C23H24N2O4/c1-16(20-8-4-6-17-14-19(28-3)9-10-21(17)20)23(27)29-13-11-24-22(26)18-7-5-12-25(2)15-18/h4-10,12,14-16H,11,13H2,1-3H3/p+1. The molecule has 1 aromatic heterocycles. The Morgan fingerprint density at radius 3 is 2.72 bits per heavy atom. The van der Waals surface area contributed by atoms with E-state index in [1.807, 2.05) is 56.6 Å². The number of methoxy groups -OCH3 is 1. The molecular weight excluding hydrogens is 368 g/mol. The van der Waals surface area contributed by atoms with Crippen LogP contribution in [0.1, 0.15) is 28.8 Å². The number of aryl methyl sites for hydroxylation is 1. The second-order valence-corrected chi connectivity index (χ2v) is 6.84. The Morgan fingerprint density at radius 2 is 1.97 bits per heavy atom. The molecule has 1 unspecified atom stereocenters. The number of amides is 1. The number of hydrogen-bond donors (Lipinski definition) is 1. The van der Waals surface area contributed by atoms with E-state index in [2.05, 4.69) is 5.32 Å². The fourth-order valence-corrected chi connectivity index (χ4v) is 3.18. The van der Waals surface area contributed by atoms with Gasteiger partial charge in [0, 0.05) is 6.07 Å². The van der Waals surface area contributed by atoms with E-state index in [1.54, 1.807) is 30.0 Å². The zero-order chi connectivity index (χ0) is 20.8. The first-order chi connectivity index (χ1) is 14.0. The lowest BCUT2D eigenvalue weighted by molar-refractivity contribution is -0.671. The summed E-state index contributed by atoms with van der Waals surface area (Å²) in [5.41, 5.74) is 1.46. The molecule has 150 valence electrons. The van der Waals surface area contributed by atoms with Gasteiger partial charge in [-0.15, -0.1) is 0 Å². The molecule has 0 spiro atoms. The number of carbonyl (C=O) groups excluding carboxylic acids is 2. The van der Waals surface area contributed by atoms with Gasteiger partial charge in [-0.3, -0.25) is 9.59 Å². The van der Waals surface area contributed by atoms with Crippen LogP contribution in [0.3, 0.4) is 0 Å². The molecule has 29 heavy (non-hydrogen) atoms. The number of nitrogens with one attached hydrogen (secondary N) is 1. The zero-order valence-electron chi connectivity index (χ0n) is 16.8. The third-order valence-electron chi connectivity index (χ3n) is 4.78. The lowest BCUT2D eigenvalue weighted by Gasteiger charge is -2.15. The number of pyridine rings is 1. The normalized spacial score (nSPS) is 11.7. The molecule has 0 aliphatic rings. The fraction of sp³-hybridized carbons (Fsp3) is 0.261. The van der Waals surface area contributed by atoms with E-state index in [9.17, 15) is 9.59 Å². The van der Waals surface area contributed by atoms with Crippen LogP contribution in [0.4, 0.5) is 0 Å². The Kier molecular flexibility index (Phi) is 6.44. The fourth-order valence-electron chi connectivity index (χ4n) is 3.18. The van der Waals surface area contributed by atoms with Crippen LogP contribution in [0.2, 0.25) is 0 Å². The first-order valence-electron chi connectivity index (χ1n) is 9.46. The summed E-state index contributed by atoms with van der Waals surface area (Å²) >= 11 is 0. The Hall–Kier alpha value is -3.41. The highest BCUT2D eigenvalue weighted by molar-refractivity contribution is 5.93. The molecule has 0 bridgehead atoms. The van der Waals surface area contributed by atoms with Gasteiger partial charge in [0.15, 0.2) is 12.4 Å². The lowest BCUT2D eigenvalue weighted by atomic mass is 9.95. The number of fused-ring (bicyclic) bond motifs is 1. The Morgan fingerprint density at radius 1 is 1.14 bits per heavy atom. The van der Waals surface area contributed by atoms with Gasteiger partial charge in [-0.1, -0.05) is 24.3 Å². The molecule has 1 heterocycles. The minimum absolute atomic E-state index is 0.118. The van der Waals surface area contributed by atoms with Gasteiger partial charge in [0.25, 0.3) is 5.91 Å². The number of esters is 1. The molecule has 0 radical (unpaired) electrons. The quantitative estimate of drug-likeness (QED) is 0.381. The molecule has 3 rings (SSSR count). The third-order valence-corrected chi connectivity index (χ3v) is 4.78. The first kappa shape index (κ1) is 20.3. The summed E-state index contributed by atoms with van der Waals surface area (Å²) in [4.78, 5) is 24.6. The van der Waals surface area contributed by atoms with Crippen LogP contribution in [0.15, 0.2) is 60.9 Å². The summed E-state index contributed by atoms with van der Waals surface area (Å²) in [7, 11) is 3.48. The maximum atomic E-state index is 12.5. The average Bonchev–Trinajstić information content (AvgIpc) is 2.75. The van der Waals surface area contributed by atoms with Crippen molar-refractivity contribution in [2.75, 3.05) is 20.3 Å². The van der Waals surface area contributed by atoms with Crippen molar-refractivity contribution < 1.29 is 23.6 Å². The van der Waals surface area contributed by atoms with Crippen molar-refractivity contribution in [2.24, 2.45) is 7.05 Å². The summed E-state index contributed by atoms with van der Waals surface area (Å²) < 4.78 is 12.4. The molecule has 1 N–H and O–H groups in total.